The minimum Gasteiger partial charge on any atom is -0.338 e. The Morgan fingerprint density at radius 2 is 2.43 bits per heavy atom. The number of carbonyl (C=O) groups is 1. The lowest BCUT2D eigenvalue weighted by Crippen LogP contribution is -2.45. The van der Waals surface area contributed by atoms with Crippen molar-refractivity contribution in [3.8, 4) is 0 Å². The fourth-order valence-corrected chi connectivity index (χ4v) is 2.43. The molecule has 0 aromatic carbocycles. The van der Waals surface area contributed by atoms with Crippen molar-refractivity contribution in [2.45, 2.75) is 25.8 Å². The first kappa shape index (κ1) is 9.77. The van der Waals surface area contributed by atoms with Crippen LogP contribution in [0, 0.1) is 5.92 Å². The number of hydrogen-bond donors (Lipinski definition) is 2. The number of nitrogens with zero attached hydrogens (tertiary/aromatic N) is 1. The van der Waals surface area contributed by atoms with E-state index in [9.17, 15) is 4.79 Å². The molecule has 0 radical (unpaired) electrons. The second-order valence-corrected chi connectivity index (χ2v) is 4.20. The summed E-state index contributed by atoms with van der Waals surface area (Å²) >= 11 is 0. The van der Waals surface area contributed by atoms with Gasteiger partial charge in [0.2, 0.25) is 0 Å². The highest BCUT2D eigenvalue weighted by atomic mass is 16.2. The van der Waals surface area contributed by atoms with E-state index in [0.717, 1.165) is 39.0 Å². The standard InChI is InChI=1S/C10H19N3O/c1-2-4-12-10(14)13-5-3-8-6-11-7-9(8)13/h8-9,11H,2-7H2,1H3,(H,12,14). The van der Waals surface area contributed by atoms with Gasteiger partial charge >= 0.3 is 6.03 Å². The number of nitrogens with one attached hydrogen (secondary N) is 2. The van der Waals surface area contributed by atoms with Crippen LogP contribution in [0.15, 0.2) is 0 Å². The van der Waals surface area contributed by atoms with Gasteiger partial charge < -0.3 is 15.5 Å². The molecule has 14 heavy (non-hydrogen) atoms. The van der Waals surface area contributed by atoms with Crippen LogP contribution in [0.3, 0.4) is 0 Å². The largest absolute Gasteiger partial charge is 0.338 e. The van der Waals surface area contributed by atoms with Crippen LogP contribution in [0.1, 0.15) is 19.8 Å². The van der Waals surface area contributed by atoms with Gasteiger partial charge in [0.1, 0.15) is 0 Å². The second-order valence-electron chi connectivity index (χ2n) is 4.20. The Bertz CT molecular complexity index is 219. The lowest BCUT2D eigenvalue weighted by atomic mass is 10.1. The summed E-state index contributed by atoms with van der Waals surface area (Å²) in [6, 6.07) is 0.579. The normalized spacial score (nSPS) is 30.5. The zero-order valence-corrected chi connectivity index (χ0v) is 8.75. The van der Waals surface area contributed by atoms with Gasteiger partial charge in [0.25, 0.3) is 0 Å². The Morgan fingerprint density at radius 3 is 3.21 bits per heavy atom. The molecule has 2 aliphatic heterocycles. The number of likely N-dealkylation sites (tertiary alicyclic amines) is 1. The summed E-state index contributed by atoms with van der Waals surface area (Å²) in [6.45, 7) is 5.86. The van der Waals surface area contributed by atoms with Gasteiger partial charge in [0, 0.05) is 32.2 Å². The van der Waals surface area contributed by atoms with Crippen molar-refractivity contribution < 1.29 is 4.79 Å². The third-order valence-corrected chi connectivity index (χ3v) is 3.23. The molecule has 0 aliphatic carbocycles. The van der Waals surface area contributed by atoms with Crippen LogP contribution in [0.4, 0.5) is 4.79 Å². The van der Waals surface area contributed by atoms with Gasteiger partial charge in [0.15, 0.2) is 0 Å². The van der Waals surface area contributed by atoms with Crippen LogP contribution in [-0.2, 0) is 0 Å². The average molecular weight is 197 g/mol. The lowest BCUT2D eigenvalue weighted by molar-refractivity contribution is 0.192. The molecule has 2 fully saturated rings. The molecule has 2 unspecified atom stereocenters. The highest BCUT2D eigenvalue weighted by Gasteiger charge is 2.39. The van der Waals surface area contributed by atoms with Gasteiger partial charge in [-0.3, -0.25) is 0 Å². The maximum atomic E-state index is 11.7. The van der Waals surface area contributed by atoms with Gasteiger partial charge in [-0.05, 0) is 18.8 Å². The molecule has 2 saturated heterocycles. The molecule has 4 heteroatoms. The molecule has 2 atom stereocenters. The molecule has 2 rings (SSSR count). The Hall–Kier alpha value is -0.770. The second kappa shape index (κ2) is 4.17. The monoisotopic (exact) mass is 197 g/mol. The minimum atomic E-state index is 0.128. The van der Waals surface area contributed by atoms with E-state index in [1.165, 1.54) is 0 Å². The summed E-state index contributed by atoms with van der Waals surface area (Å²) in [5, 5.41) is 6.29. The number of rotatable bonds is 2. The summed E-state index contributed by atoms with van der Waals surface area (Å²) in [7, 11) is 0. The molecular formula is C10H19N3O. The van der Waals surface area contributed by atoms with E-state index in [4.69, 9.17) is 0 Å². The van der Waals surface area contributed by atoms with Gasteiger partial charge in [-0.15, -0.1) is 0 Å². The summed E-state index contributed by atoms with van der Waals surface area (Å²) in [5.41, 5.74) is 0. The van der Waals surface area contributed by atoms with Gasteiger partial charge in [-0.2, -0.15) is 0 Å². The quantitative estimate of drug-likeness (QED) is 0.673. The number of amides is 2. The van der Waals surface area contributed by atoms with Crippen molar-refractivity contribution >= 4 is 6.03 Å². The predicted octanol–water partition coefficient (Wildman–Crippen LogP) is 0.400. The summed E-state index contributed by atoms with van der Waals surface area (Å²) in [4.78, 5) is 13.7. The highest BCUT2D eigenvalue weighted by molar-refractivity contribution is 5.75. The molecule has 0 saturated carbocycles. The van der Waals surface area contributed by atoms with Crippen LogP contribution in [-0.4, -0.2) is 43.2 Å². The zero-order chi connectivity index (χ0) is 9.97. The van der Waals surface area contributed by atoms with Crippen molar-refractivity contribution in [3.05, 3.63) is 0 Å². The first-order chi connectivity index (χ1) is 6.83. The Morgan fingerprint density at radius 1 is 1.57 bits per heavy atom. The number of carbonyl (C=O) groups excluding carboxylic acids is 1. The maximum Gasteiger partial charge on any atom is 0.317 e. The Labute approximate surface area is 85.0 Å². The van der Waals surface area contributed by atoms with Crippen molar-refractivity contribution in [3.63, 3.8) is 0 Å². The number of urea groups is 1. The van der Waals surface area contributed by atoms with Crippen LogP contribution in [0.25, 0.3) is 0 Å². The molecule has 4 nitrogen and oxygen atoms in total. The van der Waals surface area contributed by atoms with Crippen LogP contribution in [0.5, 0.6) is 0 Å². The smallest absolute Gasteiger partial charge is 0.317 e. The van der Waals surface area contributed by atoms with Crippen molar-refractivity contribution in [2.75, 3.05) is 26.2 Å². The van der Waals surface area contributed by atoms with Crippen LogP contribution >= 0.6 is 0 Å². The third kappa shape index (κ3) is 1.71. The van der Waals surface area contributed by atoms with Crippen molar-refractivity contribution in [2.24, 2.45) is 5.92 Å². The highest BCUT2D eigenvalue weighted by Crippen LogP contribution is 2.26. The van der Waals surface area contributed by atoms with E-state index in [-0.39, 0.29) is 6.03 Å². The van der Waals surface area contributed by atoms with Crippen molar-refractivity contribution in [1.29, 1.82) is 0 Å². The molecular weight excluding hydrogens is 178 g/mol. The predicted molar refractivity (Wildman–Crippen MR) is 55.2 cm³/mol. The van der Waals surface area contributed by atoms with E-state index in [1.807, 2.05) is 4.90 Å². The third-order valence-electron chi connectivity index (χ3n) is 3.23. The van der Waals surface area contributed by atoms with Crippen molar-refractivity contribution in [1.82, 2.24) is 15.5 Å². The summed E-state index contributed by atoms with van der Waals surface area (Å²) < 4.78 is 0. The average Bonchev–Trinajstić information content (AvgIpc) is 2.74. The first-order valence-corrected chi connectivity index (χ1v) is 5.58. The molecule has 0 spiro atoms. The Balaban J connectivity index is 1.88. The van der Waals surface area contributed by atoms with Gasteiger partial charge in [0.05, 0.1) is 0 Å². The van der Waals surface area contributed by atoms with E-state index >= 15 is 0 Å². The van der Waals surface area contributed by atoms with E-state index in [0.29, 0.717) is 12.0 Å². The lowest BCUT2D eigenvalue weighted by Gasteiger charge is -2.23. The molecule has 0 bridgehead atoms. The molecule has 0 aromatic rings. The zero-order valence-electron chi connectivity index (χ0n) is 8.75. The summed E-state index contributed by atoms with van der Waals surface area (Å²) in [5.74, 6) is 0.697. The van der Waals surface area contributed by atoms with Crippen LogP contribution < -0.4 is 10.6 Å². The fraction of sp³-hybridized carbons (Fsp3) is 0.900. The van der Waals surface area contributed by atoms with E-state index in [1.54, 1.807) is 0 Å². The van der Waals surface area contributed by atoms with Gasteiger partial charge in [-0.25, -0.2) is 4.79 Å². The molecule has 80 valence electrons. The number of hydrogen-bond acceptors (Lipinski definition) is 2. The SMILES string of the molecule is CCCNC(=O)N1CCC2CNCC21. The number of fused-ring (bicyclic) bond motifs is 1. The molecule has 0 aromatic heterocycles. The fourth-order valence-electron chi connectivity index (χ4n) is 2.43. The van der Waals surface area contributed by atoms with Crippen LogP contribution in [0.2, 0.25) is 0 Å². The molecule has 2 heterocycles. The maximum absolute atomic E-state index is 11.7. The first-order valence-electron chi connectivity index (χ1n) is 5.58. The molecule has 2 aliphatic rings. The molecule has 2 amide bonds. The van der Waals surface area contributed by atoms with E-state index in [2.05, 4.69) is 17.6 Å². The topological polar surface area (TPSA) is 44.4 Å². The molecule has 2 N–H and O–H groups in total. The summed E-state index contributed by atoms with van der Waals surface area (Å²) in [6.07, 6.45) is 2.17. The van der Waals surface area contributed by atoms with Gasteiger partial charge in [-0.1, -0.05) is 6.92 Å². The Kier molecular flexibility index (Phi) is 2.91. The van der Waals surface area contributed by atoms with E-state index < -0.39 is 0 Å². The minimum absolute atomic E-state index is 0.128.